The average Bonchev–Trinajstić information content (AvgIpc) is 2.84. The molecule has 1 unspecified atom stereocenters. The van der Waals surface area contributed by atoms with E-state index >= 15 is 0 Å². The second-order valence-electron chi connectivity index (χ2n) is 5.01. The summed E-state index contributed by atoms with van der Waals surface area (Å²) in [4.78, 5) is 12.1. The molecule has 0 fully saturated rings. The summed E-state index contributed by atoms with van der Waals surface area (Å²) in [5, 5.41) is 3.40. The first-order chi connectivity index (χ1) is 10.1. The van der Waals surface area contributed by atoms with Gasteiger partial charge in [-0.2, -0.15) is 0 Å². The number of rotatable bonds is 2. The Hall–Kier alpha value is -1.94. The Kier molecular flexibility index (Phi) is 3.64. The molecule has 0 radical (unpaired) electrons. The number of fused-ring (bicyclic) bond motifs is 1. The van der Waals surface area contributed by atoms with Crippen LogP contribution in [-0.2, 0) is 6.42 Å². The second-order valence-corrected chi connectivity index (χ2v) is 5.45. The minimum Gasteiger partial charge on any atom is -0.345 e. The molecule has 1 atom stereocenters. The molecule has 0 aromatic heterocycles. The molecule has 0 saturated carbocycles. The number of hydrogen-bond acceptors (Lipinski definition) is 1. The van der Waals surface area contributed by atoms with E-state index in [4.69, 9.17) is 11.6 Å². The second kappa shape index (κ2) is 5.45. The van der Waals surface area contributed by atoms with Gasteiger partial charge in [-0.15, -0.1) is 0 Å². The van der Waals surface area contributed by atoms with Gasteiger partial charge in [-0.25, -0.2) is 8.78 Å². The highest BCUT2D eigenvalue weighted by molar-refractivity contribution is 6.30. The minimum atomic E-state index is -1.12. The van der Waals surface area contributed by atoms with Crippen molar-refractivity contribution in [3.8, 4) is 0 Å². The fraction of sp³-hybridized carbons (Fsp3) is 0.188. The van der Waals surface area contributed by atoms with E-state index in [9.17, 15) is 13.6 Å². The number of nitrogens with one attached hydrogen (secondary N) is 1. The lowest BCUT2D eigenvalue weighted by molar-refractivity contribution is 0.0931. The number of halogens is 3. The highest BCUT2D eigenvalue weighted by Gasteiger charge is 2.25. The van der Waals surface area contributed by atoms with Gasteiger partial charge in [0.15, 0.2) is 11.6 Å². The van der Waals surface area contributed by atoms with Crippen LogP contribution in [0.15, 0.2) is 36.4 Å². The maximum absolute atomic E-state index is 13.6. The Bertz CT molecular complexity index is 717. The Balaban J connectivity index is 1.83. The van der Waals surface area contributed by atoms with Gasteiger partial charge in [0.05, 0.1) is 11.6 Å². The van der Waals surface area contributed by atoms with E-state index in [-0.39, 0.29) is 11.6 Å². The van der Waals surface area contributed by atoms with E-state index in [2.05, 4.69) is 5.32 Å². The Morgan fingerprint density at radius 1 is 1.24 bits per heavy atom. The maximum Gasteiger partial charge on any atom is 0.254 e. The van der Waals surface area contributed by atoms with Gasteiger partial charge >= 0.3 is 0 Å². The first kappa shape index (κ1) is 14.0. The molecule has 0 spiro atoms. The van der Waals surface area contributed by atoms with Gasteiger partial charge in [-0.05, 0) is 48.2 Å². The quantitative estimate of drug-likeness (QED) is 0.891. The lowest BCUT2D eigenvalue weighted by atomic mass is 10.1. The summed E-state index contributed by atoms with van der Waals surface area (Å²) in [5.41, 5.74) is 1.77. The van der Waals surface area contributed by atoms with Crippen molar-refractivity contribution in [1.82, 2.24) is 5.32 Å². The summed E-state index contributed by atoms with van der Waals surface area (Å²) in [6, 6.07) is 8.85. The molecule has 1 aliphatic carbocycles. The van der Waals surface area contributed by atoms with Crippen LogP contribution in [0.2, 0.25) is 5.02 Å². The molecule has 0 saturated heterocycles. The van der Waals surface area contributed by atoms with Crippen LogP contribution in [0.3, 0.4) is 0 Å². The van der Waals surface area contributed by atoms with Gasteiger partial charge in [0.25, 0.3) is 5.91 Å². The number of aryl methyl sites for hydroxylation is 1. The van der Waals surface area contributed by atoms with E-state index in [1.165, 1.54) is 12.1 Å². The average molecular weight is 308 g/mol. The highest BCUT2D eigenvalue weighted by Crippen LogP contribution is 2.33. The van der Waals surface area contributed by atoms with E-state index in [1.54, 1.807) is 6.07 Å². The molecule has 108 valence electrons. The minimum absolute atomic E-state index is 0.201. The molecule has 3 rings (SSSR count). The molecule has 1 N–H and O–H groups in total. The van der Waals surface area contributed by atoms with Gasteiger partial charge in [0.2, 0.25) is 0 Å². The van der Waals surface area contributed by atoms with E-state index in [0.29, 0.717) is 5.02 Å². The normalized spacial score (nSPS) is 16.6. The van der Waals surface area contributed by atoms with Crippen molar-refractivity contribution in [2.45, 2.75) is 18.9 Å². The number of hydrogen-bond donors (Lipinski definition) is 1. The Morgan fingerprint density at radius 3 is 2.86 bits per heavy atom. The molecule has 2 aromatic carbocycles. The topological polar surface area (TPSA) is 29.1 Å². The molecule has 2 nitrogen and oxygen atoms in total. The van der Waals surface area contributed by atoms with Crippen LogP contribution in [0.4, 0.5) is 8.78 Å². The van der Waals surface area contributed by atoms with Crippen molar-refractivity contribution < 1.29 is 13.6 Å². The third kappa shape index (κ3) is 2.63. The molecule has 0 aliphatic heterocycles. The van der Waals surface area contributed by atoms with Crippen LogP contribution in [0, 0.1) is 11.6 Å². The first-order valence-corrected chi connectivity index (χ1v) is 6.97. The summed E-state index contributed by atoms with van der Waals surface area (Å²) < 4.78 is 26.8. The largest absolute Gasteiger partial charge is 0.345 e. The van der Waals surface area contributed by atoms with E-state index in [0.717, 1.165) is 30.0 Å². The lowest BCUT2D eigenvalue weighted by Gasteiger charge is -2.14. The standard InChI is InChI=1S/C16H12ClF2NO/c17-10-5-6-11-9(8-10)4-7-14(11)20-16(21)12-2-1-3-13(18)15(12)19/h1-3,5-6,8,14H,4,7H2,(H,20,21). The zero-order valence-electron chi connectivity index (χ0n) is 11.0. The van der Waals surface area contributed by atoms with Gasteiger partial charge < -0.3 is 5.32 Å². The first-order valence-electron chi connectivity index (χ1n) is 6.59. The number of amides is 1. The third-order valence-corrected chi connectivity index (χ3v) is 3.92. The summed E-state index contributed by atoms with van der Waals surface area (Å²) in [6.07, 6.45) is 1.52. The summed E-state index contributed by atoms with van der Waals surface area (Å²) >= 11 is 5.93. The maximum atomic E-state index is 13.6. The molecule has 0 heterocycles. The van der Waals surface area contributed by atoms with Gasteiger partial charge in [0.1, 0.15) is 0 Å². The van der Waals surface area contributed by atoms with Crippen LogP contribution >= 0.6 is 11.6 Å². The Labute approximate surface area is 125 Å². The smallest absolute Gasteiger partial charge is 0.254 e. The zero-order valence-corrected chi connectivity index (χ0v) is 11.8. The molecule has 2 aromatic rings. The van der Waals surface area contributed by atoms with Crippen molar-refractivity contribution in [1.29, 1.82) is 0 Å². The molecular weight excluding hydrogens is 296 g/mol. The van der Waals surface area contributed by atoms with Crippen LogP contribution in [0.1, 0.15) is 33.9 Å². The van der Waals surface area contributed by atoms with E-state index < -0.39 is 17.5 Å². The molecule has 1 aliphatic rings. The van der Waals surface area contributed by atoms with Crippen molar-refractivity contribution in [2.75, 3.05) is 0 Å². The summed E-state index contributed by atoms with van der Waals surface area (Å²) in [7, 11) is 0. The fourth-order valence-corrected chi connectivity index (χ4v) is 2.85. The van der Waals surface area contributed by atoms with Crippen LogP contribution in [0.5, 0.6) is 0 Å². The van der Waals surface area contributed by atoms with Crippen molar-refractivity contribution in [3.63, 3.8) is 0 Å². The van der Waals surface area contributed by atoms with Crippen molar-refractivity contribution >= 4 is 17.5 Å². The van der Waals surface area contributed by atoms with Crippen LogP contribution in [0.25, 0.3) is 0 Å². The molecule has 5 heteroatoms. The van der Waals surface area contributed by atoms with Gasteiger partial charge in [-0.3, -0.25) is 4.79 Å². The fourth-order valence-electron chi connectivity index (χ4n) is 2.65. The monoisotopic (exact) mass is 307 g/mol. The molecule has 1 amide bonds. The number of carbonyl (C=O) groups is 1. The Morgan fingerprint density at radius 2 is 2.05 bits per heavy atom. The van der Waals surface area contributed by atoms with Crippen LogP contribution in [-0.4, -0.2) is 5.91 Å². The summed E-state index contributed by atoms with van der Waals surface area (Å²) in [6.45, 7) is 0. The van der Waals surface area contributed by atoms with E-state index in [1.807, 2.05) is 12.1 Å². The molecule has 21 heavy (non-hydrogen) atoms. The predicted molar refractivity (Wildman–Crippen MR) is 76.3 cm³/mol. The van der Waals surface area contributed by atoms with Gasteiger partial charge in [0, 0.05) is 5.02 Å². The number of carbonyl (C=O) groups excluding carboxylic acids is 1. The lowest BCUT2D eigenvalue weighted by Crippen LogP contribution is -2.28. The molecular formula is C16H12ClF2NO. The zero-order chi connectivity index (χ0) is 15.0. The van der Waals surface area contributed by atoms with Crippen molar-refractivity contribution in [2.24, 2.45) is 0 Å². The van der Waals surface area contributed by atoms with Crippen molar-refractivity contribution in [3.05, 3.63) is 69.7 Å². The van der Waals surface area contributed by atoms with Crippen LogP contribution < -0.4 is 5.32 Å². The SMILES string of the molecule is O=C(NC1CCc2cc(Cl)ccc21)c1cccc(F)c1F. The predicted octanol–water partition coefficient (Wildman–Crippen LogP) is 4.04. The molecule has 0 bridgehead atoms. The third-order valence-electron chi connectivity index (χ3n) is 3.68. The van der Waals surface area contributed by atoms with Gasteiger partial charge in [-0.1, -0.05) is 23.7 Å². The summed E-state index contributed by atoms with van der Waals surface area (Å²) in [5.74, 6) is -2.76. The number of benzene rings is 2. The highest BCUT2D eigenvalue weighted by atomic mass is 35.5.